The molecule has 0 bridgehead atoms. The molecule has 4 aromatic rings. The summed E-state index contributed by atoms with van der Waals surface area (Å²) in [6, 6.07) is 24.6. The third-order valence-electron chi connectivity index (χ3n) is 4.49. The summed E-state index contributed by atoms with van der Waals surface area (Å²) >= 11 is 0. The number of hydrogen-bond acceptors (Lipinski definition) is 4. The fourth-order valence-corrected chi connectivity index (χ4v) is 3.26. The number of para-hydroxylation sites is 1. The van der Waals surface area contributed by atoms with Crippen molar-refractivity contribution in [3.8, 4) is 11.3 Å². The lowest BCUT2D eigenvalue weighted by atomic mass is 10.1. The molecule has 2 heterocycles. The third kappa shape index (κ3) is 3.47. The monoisotopic (exact) mass is 371 g/mol. The summed E-state index contributed by atoms with van der Waals surface area (Å²) in [6.45, 7) is 2.12. The number of hydrogen-bond donors (Lipinski definition) is 1. The van der Waals surface area contributed by atoms with Crippen molar-refractivity contribution >= 4 is 17.3 Å². The minimum atomic E-state index is -0.699. The fraction of sp³-hybridized carbons (Fsp3) is 0.130. The number of benzene rings is 2. The van der Waals surface area contributed by atoms with Crippen LogP contribution in [0.5, 0.6) is 0 Å². The lowest BCUT2D eigenvalue weighted by Crippen LogP contribution is -2.25. The van der Waals surface area contributed by atoms with Crippen LogP contribution in [0.2, 0.25) is 0 Å². The van der Waals surface area contributed by atoms with Crippen molar-refractivity contribution in [3.63, 3.8) is 0 Å². The van der Waals surface area contributed by atoms with Crippen molar-refractivity contribution in [3.05, 3.63) is 90.8 Å². The summed E-state index contributed by atoms with van der Waals surface area (Å²) in [7, 11) is 0. The number of carbonyl (C=O) groups excluding carboxylic acids is 1. The normalized spacial score (nSPS) is 11.9. The van der Waals surface area contributed by atoms with Crippen molar-refractivity contribution in [2.45, 2.75) is 13.0 Å². The first kappa shape index (κ1) is 17.8. The molecule has 1 unspecified atom stereocenters. The average molecular weight is 371 g/mol. The Bertz CT molecular complexity index is 1070. The van der Waals surface area contributed by atoms with Crippen LogP contribution >= 0.6 is 0 Å². The van der Waals surface area contributed by atoms with Crippen LogP contribution in [0, 0.1) is 0 Å². The molecule has 28 heavy (non-hydrogen) atoms. The van der Waals surface area contributed by atoms with Gasteiger partial charge in [-0.3, -0.25) is 0 Å². The zero-order valence-electron chi connectivity index (χ0n) is 15.6. The first-order chi connectivity index (χ1) is 13.8. The Labute approximate surface area is 163 Å². The van der Waals surface area contributed by atoms with Gasteiger partial charge in [-0.05, 0) is 31.2 Å². The number of esters is 1. The molecule has 0 aliphatic rings. The molecule has 2 aromatic heterocycles. The van der Waals surface area contributed by atoms with Crippen LogP contribution in [-0.2, 0) is 9.53 Å². The molecule has 1 N–H and O–H groups in total. The highest BCUT2D eigenvalue weighted by Gasteiger charge is 2.29. The highest BCUT2D eigenvalue weighted by Crippen LogP contribution is 2.31. The summed E-state index contributed by atoms with van der Waals surface area (Å²) in [5, 5.41) is 3.33. The molecule has 4 rings (SSSR count). The molecule has 0 saturated carbocycles. The van der Waals surface area contributed by atoms with Gasteiger partial charge in [0.2, 0.25) is 0 Å². The van der Waals surface area contributed by atoms with E-state index in [0.717, 1.165) is 28.3 Å². The van der Waals surface area contributed by atoms with Crippen LogP contribution in [0.25, 0.3) is 16.9 Å². The highest BCUT2D eigenvalue weighted by molar-refractivity contribution is 5.84. The summed E-state index contributed by atoms with van der Waals surface area (Å²) in [5.41, 5.74) is 4.08. The number of carbonyl (C=O) groups is 1. The smallest absolute Gasteiger partial charge is 0.334 e. The Hall–Kier alpha value is -3.60. The lowest BCUT2D eigenvalue weighted by molar-refractivity contribution is -0.144. The molecule has 0 amide bonds. The van der Waals surface area contributed by atoms with Crippen LogP contribution in [0.3, 0.4) is 0 Å². The zero-order chi connectivity index (χ0) is 19.3. The third-order valence-corrected chi connectivity index (χ3v) is 4.49. The minimum Gasteiger partial charge on any atom is -0.464 e. The Kier molecular flexibility index (Phi) is 5.06. The lowest BCUT2D eigenvalue weighted by Gasteiger charge is -2.20. The van der Waals surface area contributed by atoms with Gasteiger partial charge in [-0.15, -0.1) is 0 Å². The molecule has 2 aromatic carbocycles. The van der Waals surface area contributed by atoms with E-state index in [1.54, 1.807) is 0 Å². The zero-order valence-corrected chi connectivity index (χ0v) is 15.6. The minimum absolute atomic E-state index is 0.309. The maximum atomic E-state index is 12.9. The molecule has 0 spiro atoms. The van der Waals surface area contributed by atoms with Gasteiger partial charge in [0.1, 0.15) is 5.65 Å². The van der Waals surface area contributed by atoms with E-state index in [2.05, 4.69) is 5.32 Å². The number of nitrogens with one attached hydrogen (secondary N) is 1. The van der Waals surface area contributed by atoms with Crippen LogP contribution in [-0.4, -0.2) is 22.0 Å². The van der Waals surface area contributed by atoms with Crippen LogP contribution in [0.15, 0.2) is 85.1 Å². The Morgan fingerprint density at radius 1 is 1.00 bits per heavy atom. The van der Waals surface area contributed by atoms with Crippen molar-refractivity contribution in [1.29, 1.82) is 0 Å². The second-order valence-electron chi connectivity index (χ2n) is 6.34. The van der Waals surface area contributed by atoms with Crippen molar-refractivity contribution < 1.29 is 9.53 Å². The Morgan fingerprint density at radius 3 is 2.39 bits per heavy atom. The van der Waals surface area contributed by atoms with Crippen LogP contribution in [0.4, 0.5) is 5.69 Å². The maximum Gasteiger partial charge on any atom is 0.334 e. The standard InChI is InChI=1S/C23H21N3O2/c1-2-28-23(27)21(24-18-13-7-4-8-14-18)22-20(17-11-5-3-6-12-17)25-19-15-9-10-16-26(19)22/h3-16,21,24H,2H2,1H3. The SMILES string of the molecule is CCOC(=O)C(Nc1ccccc1)c1c(-c2ccccc2)nc2ccccn12. The predicted molar refractivity (Wildman–Crippen MR) is 110 cm³/mol. The topological polar surface area (TPSA) is 55.6 Å². The molecule has 1 atom stereocenters. The van der Waals surface area contributed by atoms with E-state index in [-0.39, 0.29) is 5.97 Å². The van der Waals surface area contributed by atoms with E-state index in [0.29, 0.717) is 6.61 Å². The maximum absolute atomic E-state index is 12.9. The predicted octanol–water partition coefficient (Wildman–Crippen LogP) is 4.72. The largest absolute Gasteiger partial charge is 0.464 e. The van der Waals surface area contributed by atoms with Gasteiger partial charge >= 0.3 is 5.97 Å². The van der Waals surface area contributed by atoms with Crippen molar-refractivity contribution in [2.75, 3.05) is 11.9 Å². The molecule has 0 radical (unpaired) electrons. The van der Waals surface area contributed by atoms with E-state index in [4.69, 9.17) is 9.72 Å². The fourth-order valence-electron chi connectivity index (χ4n) is 3.26. The highest BCUT2D eigenvalue weighted by atomic mass is 16.5. The molecule has 0 aliphatic carbocycles. The quantitative estimate of drug-likeness (QED) is 0.499. The van der Waals surface area contributed by atoms with Gasteiger partial charge in [0, 0.05) is 17.4 Å². The van der Waals surface area contributed by atoms with Gasteiger partial charge < -0.3 is 14.5 Å². The number of rotatable bonds is 6. The molecular weight excluding hydrogens is 350 g/mol. The average Bonchev–Trinajstić information content (AvgIpc) is 3.13. The second kappa shape index (κ2) is 7.96. The number of anilines is 1. The van der Waals surface area contributed by atoms with E-state index in [9.17, 15) is 4.79 Å². The molecule has 140 valence electrons. The number of nitrogens with zero attached hydrogens (tertiary/aromatic N) is 2. The molecule has 0 aliphatic heterocycles. The molecule has 5 nitrogen and oxygen atoms in total. The first-order valence-corrected chi connectivity index (χ1v) is 9.28. The molecule has 5 heteroatoms. The van der Waals surface area contributed by atoms with E-state index >= 15 is 0 Å². The van der Waals surface area contributed by atoms with Crippen molar-refractivity contribution in [2.24, 2.45) is 0 Å². The Balaban J connectivity index is 1.90. The Morgan fingerprint density at radius 2 is 1.68 bits per heavy atom. The molecular formula is C23H21N3O2. The summed E-state index contributed by atoms with van der Waals surface area (Å²) in [5.74, 6) is -0.339. The van der Waals surface area contributed by atoms with Crippen molar-refractivity contribution in [1.82, 2.24) is 9.38 Å². The van der Waals surface area contributed by atoms with Gasteiger partial charge in [0.25, 0.3) is 0 Å². The van der Waals surface area contributed by atoms with E-state index in [1.165, 1.54) is 0 Å². The van der Waals surface area contributed by atoms with E-state index in [1.807, 2.05) is 96.4 Å². The summed E-state index contributed by atoms with van der Waals surface area (Å²) in [4.78, 5) is 17.8. The van der Waals surface area contributed by atoms with Gasteiger partial charge in [-0.1, -0.05) is 54.6 Å². The molecule has 0 fully saturated rings. The first-order valence-electron chi connectivity index (χ1n) is 9.28. The van der Waals surface area contributed by atoms with Gasteiger partial charge in [0.15, 0.2) is 6.04 Å². The molecule has 0 saturated heterocycles. The van der Waals surface area contributed by atoms with Gasteiger partial charge in [-0.25, -0.2) is 9.78 Å². The number of ether oxygens (including phenoxy) is 1. The summed E-state index contributed by atoms with van der Waals surface area (Å²) < 4.78 is 7.34. The van der Waals surface area contributed by atoms with E-state index < -0.39 is 6.04 Å². The number of fused-ring (bicyclic) bond motifs is 1. The van der Waals surface area contributed by atoms with Crippen LogP contribution < -0.4 is 5.32 Å². The van der Waals surface area contributed by atoms with Gasteiger partial charge in [0.05, 0.1) is 18.0 Å². The van der Waals surface area contributed by atoms with Gasteiger partial charge in [-0.2, -0.15) is 0 Å². The number of pyridine rings is 1. The summed E-state index contributed by atoms with van der Waals surface area (Å²) in [6.07, 6.45) is 1.92. The number of aromatic nitrogens is 2. The van der Waals surface area contributed by atoms with Crippen LogP contribution in [0.1, 0.15) is 18.7 Å². The second-order valence-corrected chi connectivity index (χ2v) is 6.34. The number of imidazole rings is 1.